The first-order valence-corrected chi connectivity index (χ1v) is 4.84. The van der Waals surface area contributed by atoms with Gasteiger partial charge in [0.25, 0.3) is 0 Å². The molecule has 0 amide bonds. The van der Waals surface area contributed by atoms with Crippen LogP contribution in [0, 0.1) is 5.92 Å². The molecule has 0 aromatic rings. The minimum absolute atomic E-state index is 0.0523. The zero-order chi connectivity index (χ0) is 11.1. The van der Waals surface area contributed by atoms with Gasteiger partial charge in [0.1, 0.15) is 5.84 Å². The van der Waals surface area contributed by atoms with Gasteiger partial charge in [0, 0.05) is 18.5 Å². The Morgan fingerprint density at radius 2 is 2.00 bits per heavy atom. The molecule has 0 aliphatic carbocycles. The number of amidine groups is 1. The Labute approximate surface area is 85.0 Å². The fourth-order valence-corrected chi connectivity index (χ4v) is 1.23. The molecule has 84 valence electrons. The van der Waals surface area contributed by atoms with Crippen molar-refractivity contribution >= 4 is 5.84 Å². The van der Waals surface area contributed by atoms with Crippen molar-refractivity contribution in [2.24, 2.45) is 16.8 Å². The molecule has 0 saturated carbocycles. The maximum atomic E-state index is 9.06. The largest absolute Gasteiger partial charge is 0.409 e. The van der Waals surface area contributed by atoms with Crippen LogP contribution in [0.1, 0.15) is 27.2 Å². The standard InChI is InChI=1S/C9H21N3O2/c1-6(2)8(5-13)11-7(3)4-9(10)12-14/h6-8,11,13-14H,4-5H2,1-3H3,(H2,10,12)/t7?,8-/m1/s1. The monoisotopic (exact) mass is 203 g/mol. The summed E-state index contributed by atoms with van der Waals surface area (Å²) in [6.07, 6.45) is 0.472. The minimum Gasteiger partial charge on any atom is -0.409 e. The fourth-order valence-electron chi connectivity index (χ4n) is 1.23. The molecule has 5 N–H and O–H groups in total. The second-order valence-electron chi connectivity index (χ2n) is 3.90. The Morgan fingerprint density at radius 3 is 2.36 bits per heavy atom. The molecule has 1 unspecified atom stereocenters. The molecule has 0 aliphatic heterocycles. The van der Waals surface area contributed by atoms with E-state index in [-0.39, 0.29) is 24.5 Å². The Hall–Kier alpha value is -0.810. The minimum atomic E-state index is 0.0523. The molecule has 5 heteroatoms. The van der Waals surface area contributed by atoms with Crippen molar-refractivity contribution < 1.29 is 10.3 Å². The van der Waals surface area contributed by atoms with Gasteiger partial charge in [-0.1, -0.05) is 19.0 Å². The summed E-state index contributed by atoms with van der Waals surface area (Å²) < 4.78 is 0. The average Bonchev–Trinajstić information content (AvgIpc) is 2.13. The quantitative estimate of drug-likeness (QED) is 0.213. The van der Waals surface area contributed by atoms with Crippen molar-refractivity contribution in [1.29, 1.82) is 0 Å². The molecule has 0 aliphatic rings. The van der Waals surface area contributed by atoms with Gasteiger partial charge < -0.3 is 21.4 Å². The van der Waals surface area contributed by atoms with Crippen molar-refractivity contribution in [2.45, 2.75) is 39.3 Å². The molecular weight excluding hydrogens is 182 g/mol. The molecule has 0 bridgehead atoms. The molecule has 0 fully saturated rings. The third kappa shape index (κ3) is 5.04. The van der Waals surface area contributed by atoms with E-state index in [1.807, 2.05) is 20.8 Å². The van der Waals surface area contributed by atoms with Gasteiger partial charge in [-0.05, 0) is 12.8 Å². The summed E-state index contributed by atoms with van der Waals surface area (Å²) in [5, 5.41) is 23.5. The molecule has 0 aromatic carbocycles. The number of oxime groups is 1. The first kappa shape index (κ1) is 13.2. The smallest absolute Gasteiger partial charge is 0.140 e. The average molecular weight is 203 g/mol. The summed E-state index contributed by atoms with van der Waals surface area (Å²) in [4.78, 5) is 0. The van der Waals surface area contributed by atoms with Crippen LogP contribution in [0.2, 0.25) is 0 Å². The summed E-state index contributed by atoms with van der Waals surface area (Å²) in [6, 6.07) is 0.141. The number of aliphatic hydroxyl groups excluding tert-OH is 1. The number of nitrogens with one attached hydrogen (secondary N) is 1. The highest BCUT2D eigenvalue weighted by Gasteiger charge is 2.15. The predicted octanol–water partition coefficient (Wildman–Crippen LogP) is 0.118. The molecule has 0 aromatic heterocycles. The third-order valence-electron chi connectivity index (χ3n) is 2.14. The van der Waals surface area contributed by atoms with Crippen LogP contribution in [-0.4, -0.2) is 34.8 Å². The second kappa shape index (κ2) is 6.62. The van der Waals surface area contributed by atoms with Crippen LogP contribution >= 0.6 is 0 Å². The highest BCUT2D eigenvalue weighted by molar-refractivity contribution is 5.80. The molecule has 0 saturated heterocycles. The van der Waals surface area contributed by atoms with Crippen LogP contribution in [0.5, 0.6) is 0 Å². The fraction of sp³-hybridized carbons (Fsp3) is 0.889. The number of nitrogens with two attached hydrogens (primary N) is 1. The number of hydrogen-bond donors (Lipinski definition) is 4. The van der Waals surface area contributed by atoms with Crippen LogP contribution in [0.25, 0.3) is 0 Å². The van der Waals surface area contributed by atoms with E-state index in [2.05, 4.69) is 10.5 Å². The molecule has 2 atom stereocenters. The van der Waals surface area contributed by atoms with E-state index >= 15 is 0 Å². The van der Waals surface area contributed by atoms with E-state index in [4.69, 9.17) is 16.0 Å². The van der Waals surface area contributed by atoms with Crippen LogP contribution in [0.3, 0.4) is 0 Å². The first-order chi connectivity index (χ1) is 6.51. The zero-order valence-electron chi connectivity index (χ0n) is 9.07. The normalized spacial score (nSPS) is 17.1. The number of hydrogen-bond acceptors (Lipinski definition) is 4. The summed E-state index contributed by atoms with van der Waals surface area (Å²) in [6.45, 7) is 6.09. The Morgan fingerprint density at radius 1 is 1.43 bits per heavy atom. The van der Waals surface area contributed by atoms with E-state index in [0.29, 0.717) is 12.3 Å². The lowest BCUT2D eigenvalue weighted by Crippen LogP contribution is -2.43. The summed E-state index contributed by atoms with van der Waals surface area (Å²) >= 11 is 0. The molecule has 14 heavy (non-hydrogen) atoms. The van der Waals surface area contributed by atoms with Gasteiger partial charge in [-0.15, -0.1) is 0 Å². The summed E-state index contributed by atoms with van der Waals surface area (Å²) in [5.41, 5.74) is 5.36. The number of aliphatic hydroxyl groups is 1. The molecule has 5 nitrogen and oxygen atoms in total. The first-order valence-electron chi connectivity index (χ1n) is 4.84. The van der Waals surface area contributed by atoms with E-state index in [9.17, 15) is 0 Å². The Kier molecular flexibility index (Phi) is 6.23. The van der Waals surface area contributed by atoms with Gasteiger partial charge in [0.15, 0.2) is 0 Å². The predicted molar refractivity (Wildman–Crippen MR) is 56.3 cm³/mol. The van der Waals surface area contributed by atoms with E-state index in [0.717, 1.165) is 0 Å². The van der Waals surface area contributed by atoms with Gasteiger partial charge in [0.2, 0.25) is 0 Å². The van der Waals surface area contributed by atoms with Crippen molar-refractivity contribution in [1.82, 2.24) is 5.32 Å². The lowest BCUT2D eigenvalue weighted by Gasteiger charge is -2.24. The van der Waals surface area contributed by atoms with Crippen molar-refractivity contribution in [3.8, 4) is 0 Å². The lowest BCUT2D eigenvalue weighted by atomic mass is 10.0. The van der Waals surface area contributed by atoms with Crippen LogP contribution < -0.4 is 11.1 Å². The van der Waals surface area contributed by atoms with Gasteiger partial charge in [-0.2, -0.15) is 0 Å². The summed E-state index contributed by atoms with van der Waals surface area (Å²) in [5.74, 6) is 0.556. The van der Waals surface area contributed by atoms with Crippen molar-refractivity contribution in [3.63, 3.8) is 0 Å². The van der Waals surface area contributed by atoms with Gasteiger partial charge >= 0.3 is 0 Å². The molecule has 0 heterocycles. The Balaban J connectivity index is 3.96. The molecule has 0 radical (unpaired) electrons. The maximum Gasteiger partial charge on any atom is 0.140 e. The molecule has 0 rings (SSSR count). The lowest BCUT2D eigenvalue weighted by molar-refractivity contribution is 0.201. The highest BCUT2D eigenvalue weighted by atomic mass is 16.4. The van der Waals surface area contributed by atoms with Gasteiger partial charge in [-0.3, -0.25) is 0 Å². The number of nitrogens with zero attached hydrogens (tertiary/aromatic N) is 1. The zero-order valence-corrected chi connectivity index (χ0v) is 9.07. The van der Waals surface area contributed by atoms with Crippen LogP contribution in [-0.2, 0) is 0 Å². The summed E-state index contributed by atoms with van der Waals surface area (Å²) in [7, 11) is 0. The van der Waals surface area contributed by atoms with Crippen molar-refractivity contribution in [2.75, 3.05) is 6.61 Å². The Bertz CT molecular complexity index is 183. The van der Waals surface area contributed by atoms with E-state index < -0.39 is 0 Å². The molecular formula is C9H21N3O2. The second-order valence-corrected chi connectivity index (χ2v) is 3.90. The SMILES string of the molecule is CC(CC(N)=NO)N[C@H](CO)C(C)C. The van der Waals surface area contributed by atoms with Gasteiger partial charge in [-0.25, -0.2) is 0 Å². The van der Waals surface area contributed by atoms with E-state index in [1.54, 1.807) is 0 Å². The van der Waals surface area contributed by atoms with Crippen LogP contribution in [0.15, 0.2) is 5.16 Å². The van der Waals surface area contributed by atoms with Gasteiger partial charge in [0.05, 0.1) is 6.61 Å². The van der Waals surface area contributed by atoms with Crippen LogP contribution in [0.4, 0.5) is 0 Å². The third-order valence-corrected chi connectivity index (χ3v) is 2.14. The topological polar surface area (TPSA) is 90.9 Å². The molecule has 0 spiro atoms. The van der Waals surface area contributed by atoms with E-state index in [1.165, 1.54) is 0 Å². The van der Waals surface area contributed by atoms with Crippen molar-refractivity contribution in [3.05, 3.63) is 0 Å². The number of rotatable bonds is 6. The highest BCUT2D eigenvalue weighted by Crippen LogP contribution is 2.03. The maximum absolute atomic E-state index is 9.06.